The molecule has 1 aromatic rings. The van der Waals surface area contributed by atoms with Gasteiger partial charge in [0.2, 0.25) is 0 Å². The number of halogens is 2. The van der Waals surface area contributed by atoms with E-state index in [0.717, 1.165) is 50.1 Å². The predicted octanol–water partition coefficient (Wildman–Crippen LogP) is 2.87. The van der Waals surface area contributed by atoms with E-state index in [1.807, 2.05) is 19.1 Å². The summed E-state index contributed by atoms with van der Waals surface area (Å²) in [5.74, 6) is 0.417. The molecule has 1 aromatic carbocycles. The Kier molecular flexibility index (Phi) is 12.5. The van der Waals surface area contributed by atoms with Crippen LogP contribution in [0.2, 0.25) is 0 Å². The summed E-state index contributed by atoms with van der Waals surface area (Å²) < 4.78 is 27.9. The molecule has 2 rings (SSSR count). The molecule has 8 nitrogen and oxygen atoms in total. The summed E-state index contributed by atoms with van der Waals surface area (Å²) in [5, 5.41) is 19.7. The number of aliphatic imine (C=N–C) groups is 1. The Morgan fingerprint density at radius 3 is 2.65 bits per heavy atom. The van der Waals surface area contributed by atoms with Crippen molar-refractivity contribution in [3.8, 4) is 5.75 Å². The fraction of sp³-hybridized carbons (Fsp3) is 0.571. The highest BCUT2D eigenvalue weighted by atomic mass is 19.3. The quantitative estimate of drug-likeness (QED) is 0.266. The zero-order chi connectivity index (χ0) is 23.2. The van der Waals surface area contributed by atoms with Crippen LogP contribution in [0.25, 0.3) is 0 Å². The van der Waals surface area contributed by atoms with Crippen LogP contribution in [0.5, 0.6) is 5.75 Å². The number of aryl methyl sites for hydroxylation is 1. The Labute approximate surface area is 181 Å². The van der Waals surface area contributed by atoms with Crippen LogP contribution in [0, 0.1) is 18.3 Å². The van der Waals surface area contributed by atoms with E-state index in [1.54, 1.807) is 6.07 Å². The standard InChI is InChI=1S/C18H29N3O3.C3H4F2N2/c1-14-13-16(4-5-17(14)18(22)20-9-8-19)24-12-2-3-15-6-10-21(23)11-7-15;1-7-3(6)2(4)5/h4-5,13,15,23H,2-3,6-12,19H2,1H3,(H,20,22);2,6H,1H2. The highest BCUT2D eigenvalue weighted by Gasteiger charge is 2.17. The number of amides is 1. The highest BCUT2D eigenvalue weighted by molar-refractivity contribution is 5.95. The monoisotopic (exact) mass is 441 g/mol. The van der Waals surface area contributed by atoms with Crippen LogP contribution in [0.1, 0.15) is 41.6 Å². The van der Waals surface area contributed by atoms with Crippen molar-refractivity contribution in [3.05, 3.63) is 29.3 Å². The van der Waals surface area contributed by atoms with Crippen molar-refractivity contribution in [1.29, 1.82) is 5.41 Å². The minimum Gasteiger partial charge on any atom is -0.494 e. The fourth-order valence-corrected chi connectivity index (χ4v) is 3.10. The third kappa shape index (κ3) is 10.4. The van der Waals surface area contributed by atoms with Gasteiger partial charge in [0, 0.05) is 31.7 Å². The van der Waals surface area contributed by atoms with Gasteiger partial charge in [-0.1, -0.05) is 0 Å². The van der Waals surface area contributed by atoms with Crippen molar-refractivity contribution >= 4 is 18.5 Å². The number of benzene rings is 1. The number of amidine groups is 1. The number of nitrogens with one attached hydrogen (secondary N) is 2. The molecule has 1 amide bonds. The van der Waals surface area contributed by atoms with Gasteiger partial charge in [-0.15, -0.1) is 0 Å². The molecule has 1 aliphatic heterocycles. The first kappa shape index (κ1) is 26.6. The molecule has 0 aromatic heterocycles. The van der Waals surface area contributed by atoms with E-state index in [4.69, 9.17) is 15.9 Å². The van der Waals surface area contributed by atoms with E-state index in [2.05, 4.69) is 17.0 Å². The molecule has 174 valence electrons. The lowest BCUT2D eigenvalue weighted by atomic mass is 9.93. The molecule has 0 aliphatic carbocycles. The number of hydrogen-bond acceptors (Lipinski definition) is 6. The Morgan fingerprint density at radius 2 is 2.13 bits per heavy atom. The zero-order valence-electron chi connectivity index (χ0n) is 17.9. The van der Waals surface area contributed by atoms with Crippen LogP contribution in [0.3, 0.4) is 0 Å². The van der Waals surface area contributed by atoms with Gasteiger partial charge in [-0.3, -0.25) is 10.2 Å². The van der Waals surface area contributed by atoms with Gasteiger partial charge in [-0.2, -0.15) is 5.06 Å². The van der Waals surface area contributed by atoms with Crippen molar-refractivity contribution < 1.29 is 23.5 Å². The predicted molar refractivity (Wildman–Crippen MR) is 117 cm³/mol. The first-order valence-electron chi connectivity index (χ1n) is 10.3. The number of rotatable bonds is 9. The van der Waals surface area contributed by atoms with Crippen LogP contribution in [-0.4, -0.2) is 67.9 Å². The Bertz CT molecular complexity index is 710. The van der Waals surface area contributed by atoms with Crippen molar-refractivity contribution in [3.63, 3.8) is 0 Å². The molecule has 0 unspecified atom stereocenters. The number of carbonyl (C=O) groups excluding carboxylic acids is 1. The van der Waals surface area contributed by atoms with E-state index in [-0.39, 0.29) is 5.91 Å². The van der Waals surface area contributed by atoms with Crippen LogP contribution in [0.4, 0.5) is 8.78 Å². The molecule has 0 radical (unpaired) electrons. The number of hydroxylamine groups is 2. The topological polar surface area (TPSA) is 124 Å². The number of alkyl halides is 2. The third-order valence-electron chi connectivity index (χ3n) is 4.87. The molecule has 0 bridgehead atoms. The lowest BCUT2D eigenvalue weighted by molar-refractivity contribution is -0.112. The molecular formula is C21H33F2N5O3. The Balaban J connectivity index is 0.000000592. The average Bonchev–Trinajstić information content (AvgIpc) is 2.76. The van der Waals surface area contributed by atoms with Gasteiger partial charge in [0.05, 0.1) is 6.61 Å². The number of carbonyl (C=O) groups is 1. The van der Waals surface area contributed by atoms with Gasteiger partial charge >= 0.3 is 0 Å². The molecular weight excluding hydrogens is 408 g/mol. The van der Waals surface area contributed by atoms with Gasteiger partial charge in [0.25, 0.3) is 12.3 Å². The van der Waals surface area contributed by atoms with E-state index in [0.29, 0.717) is 31.2 Å². The molecule has 0 saturated carbocycles. The van der Waals surface area contributed by atoms with E-state index < -0.39 is 12.3 Å². The second kappa shape index (κ2) is 14.6. The number of nitrogens with zero attached hydrogens (tertiary/aromatic N) is 2. The summed E-state index contributed by atoms with van der Waals surface area (Å²) in [6.45, 7) is 7.78. The maximum absolute atomic E-state index is 12.0. The summed E-state index contributed by atoms with van der Waals surface area (Å²) in [7, 11) is 0. The van der Waals surface area contributed by atoms with Crippen LogP contribution in [0.15, 0.2) is 23.2 Å². The van der Waals surface area contributed by atoms with E-state index >= 15 is 0 Å². The zero-order valence-corrected chi connectivity index (χ0v) is 17.9. The SMILES string of the molecule is C=NC(=N)C(F)F.Cc1cc(OCCCC2CCN(O)CC2)ccc1C(=O)NCCN. The number of ether oxygens (including phenoxy) is 1. The smallest absolute Gasteiger partial charge is 0.296 e. The second-order valence-electron chi connectivity index (χ2n) is 7.25. The third-order valence-corrected chi connectivity index (χ3v) is 4.87. The van der Waals surface area contributed by atoms with Gasteiger partial charge < -0.3 is 21.0 Å². The lowest BCUT2D eigenvalue weighted by Gasteiger charge is -2.27. The number of hydrogen-bond donors (Lipinski definition) is 4. The molecule has 1 heterocycles. The minimum absolute atomic E-state index is 0.0975. The van der Waals surface area contributed by atoms with E-state index in [1.165, 1.54) is 5.06 Å². The Hall–Kier alpha value is -2.43. The number of piperidine rings is 1. The van der Waals surface area contributed by atoms with Crippen LogP contribution < -0.4 is 15.8 Å². The summed E-state index contributed by atoms with van der Waals surface area (Å²) in [4.78, 5) is 14.6. The Morgan fingerprint density at radius 1 is 1.45 bits per heavy atom. The van der Waals surface area contributed by atoms with Gasteiger partial charge in [-0.05, 0) is 69.0 Å². The maximum Gasteiger partial charge on any atom is 0.296 e. The maximum atomic E-state index is 12.0. The second-order valence-corrected chi connectivity index (χ2v) is 7.25. The van der Waals surface area contributed by atoms with Crippen molar-refractivity contribution in [1.82, 2.24) is 10.4 Å². The summed E-state index contributed by atoms with van der Waals surface area (Å²) >= 11 is 0. The molecule has 10 heteroatoms. The summed E-state index contributed by atoms with van der Waals surface area (Å²) in [6, 6.07) is 5.55. The lowest BCUT2D eigenvalue weighted by Crippen LogP contribution is -2.30. The average molecular weight is 442 g/mol. The summed E-state index contributed by atoms with van der Waals surface area (Å²) in [5.41, 5.74) is 6.96. The van der Waals surface area contributed by atoms with Gasteiger partial charge in [-0.25, -0.2) is 13.8 Å². The fourth-order valence-electron chi connectivity index (χ4n) is 3.10. The first-order chi connectivity index (χ1) is 14.8. The first-order valence-corrected chi connectivity index (χ1v) is 10.3. The molecule has 0 atom stereocenters. The van der Waals surface area contributed by atoms with E-state index in [9.17, 15) is 18.8 Å². The molecule has 1 fully saturated rings. The van der Waals surface area contributed by atoms with Crippen molar-refractivity contribution in [2.45, 2.75) is 39.0 Å². The van der Waals surface area contributed by atoms with Crippen molar-refractivity contribution in [2.75, 3.05) is 32.8 Å². The largest absolute Gasteiger partial charge is 0.494 e. The molecule has 31 heavy (non-hydrogen) atoms. The molecule has 0 spiro atoms. The minimum atomic E-state index is -2.78. The van der Waals surface area contributed by atoms with Crippen molar-refractivity contribution in [2.24, 2.45) is 16.6 Å². The summed E-state index contributed by atoms with van der Waals surface area (Å²) in [6.07, 6.45) is 1.47. The molecule has 1 aliphatic rings. The molecule has 1 saturated heterocycles. The molecule has 5 N–H and O–H groups in total. The van der Waals surface area contributed by atoms with Crippen LogP contribution in [-0.2, 0) is 0 Å². The normalized spacial score (nSPS) is 14.5. The van der Waals surface area contributed by atoms with Gasteiger partial charge in [0.1, 0.15) is 5.75 Å². The number of nitrogens with two attached hydrogens (primary N) is 1. The van der Waals surface area contributed by atoms with Crippen LogP contribution >= 0.6 is 0 Å². The highest BCUT2D eigenvalue weighted by Crippen LogP contribution is 2.22. The van der Waals surface area contributed by atoms with Gasteiger partial charge in [0.15, 0.2) is 5.84 Å².